The van der Waals surface area contributed by atoms with E-state index in [2.05, 4.69) is 48.5 Å². The van der Waals surface area contributed by atoms with E-state index in [9.17, 15) is 0 Å². The highest BCUT2D eigenvalue weighted by Gasteiger charge is 2.53. The molecule has 2 heteroatoms. The molecule has 0 spiro atoms. The molecule has 0 radical (unpaired) electrons. The maximum absolute atomic E-state index is 5.87. The van der Waals surface area contributed by atoms with E-state index in [1.807, 2.05) is 0 Å². The van der Waals surface area contributed by atoms with Crippen molar-refractivity contribution in [3.05, 3.63) is 0 Å². The Labute approximate surface area is 140 Å². The summed E-state index contributed by atoms with van der Waals surface area (Å²) >= 11 is 0. The fraction of sp³-hybridized carbons (Fsp3) is 1.00. The predicted molar refractivity (Wildman–Crippen MR) is 97.1 cm³/mol. The Bertz CT molecular complexity index is 281. The second-order valence-electron chi connectivity index (χ2n) is 7.84. The Hall–Kier alpha value is -0.0800. The third-order valence-corrected chi connectivity index (χ3v) is 6.15. The normalized spacial score (nSPS) is 17.0. The average Bonchev–Trinajstić information content (AvgIpc) is 2.48. The highest BCUT2D eigenvalue weighted by molar-refractivity contribution is 4.96. The van der Waals surface area contributed by atoms with Crippen molar-refractivity contribution in [3.8, 4) is 0 Å². The van der Waals surface area contributed by atoms with Crippen LogP contribution in [0.15, 0.2) is 0 Å². The van der Waals surface area contributed by atoms with Gasteiger partial charge >= 0.3 is 0 Å². The topological polar surface area (TPSA) is 18.5 Å². The highest BCUT2D eigenvalue weighted by Crippen LogP contribution is 2.51. The van der Waals surface area contributed by atoms with Gasteiger partial charge in [0.1, 0.15) is 0 Å². The third kappa shape index (κ3) is 4.96. The summed E-state index contributed by atoms with van der Waals surface area (Å²) in [6.07, 6.45) is 7.96. The smallest absolute Gasteiger partial charge is 0.170 e. The van der Waals surface area contributed by atoms with Gasteiger partial charge in [-0.25, -0.2) is 0 Å². The number of methoxy groups -OCH3 is 2. The van der Waals surface area contributed by atoms with Crippen molar-refractivity contribution in [3.63, 3.8) is 0 Å². The fourth-order valence-corrected chi connectivity index (χ4v) is 4.11. The quantitative estimate of drug-likeness (QED) is 0.311. The molecule has 2 atom stereocenters. The van der Waals surface area contributed by atoms with Crippen LogP contribution in [0.1, 0.15) is 87.0 Å². The Morgan fingerprint density at radius 1 is 0.818 bits per heavy atom. The minimum absolute atomic E-state index is 0.00454. The van der Waals surface area contributed by atoms with Gasteiger partial charge in [0.2, 0.25) is 0 Å². The lowest BCUT2D eigenvalue weighted by Crippen LogP contribution is -2.55. The molecule has 0 amide bonds. The summed E-state index contributed by atoms with van der Waals surface area (Å²) < 4.78 is 11.7. The van der Waals surface area contributed by atoms with Crippen LogP contribution in [0.2, 0.25) is 0 Å². The number of ether oxygens (including phenoxy) is 2. The first-order valence-corrected chi connectivity index (χ1v) is 9.31. The molecule has 0 aliphatic heterocycles. The summed E-state index contributed by atoms with van der Waals surface area (Å²) in [5.74, 6) is 1.18. The predicted octanol–water partition coefficient (Wildman–Crippen LogP) is 6.29. The minimum Gasteiger partial charge on any atom is -0.353 e. The van der Waals surface area contributed by atoms with Crippen LogP contribution in [0.5, 0.6) is 0 Å². The van der Waals surface area contributed by atoms with E-state index in [1.54, 1.807) is 14.2 Å². The van der Waals surface area contributed by atoms with Gasteiger partial charge in [0.05, 0.1) is 0 Å². The second-order valence-corrected chi connectivity index (χ2v) is 7.84. The maximum Gasteiger partial charge on any atom is 0.170 e. The Kier molecular flexibility index (Phi) is 9.89. The molecule has 0 bridgehead atoms. The highest BCUT2D eigenvalue weighted by atomic mass is 16.7. The molecule has 0 aliphatic carbocycles. The Morgan fingerprint density at radius 2 is 1.32 bits per heavy atom. The van der Waals surface area contributed by atoms with Crippen molar-refractivity contribution in [2.75, 3.05) is 14.2 Å². The van der Waals surface area contributed by atoms with Crippen LogP contribution in [-0.2, 0) is 9.47 Å². The first-order chi connectivity index (χ1) is 10.2. The number of hydrogen-bond acceptors (Lipinski definition) is 2. The van der Waals surface area contributed by atoms with Gasteiger partial charge in [-0.1, -0.05) is 73.6 Å². The molecule has 0 fully saturated rings. The number of unbranched alkanes of at least 4 members (excludes halogenated alkanes) is 4. The van der Waals surface area contributed by atoms with E-state index in [1.165, 1.54) is 38.5 Å². The van der Waals surface area contributed by atoms with Gasteiger partial charge in [0, 0.05) is 19.6 Å². The van der Waals surface area contributed by atoms with Crippen LogP contribution < -0.4 is 0 Å². The SMILES string of the molecule is CCCCCCCC(C(C)C)C(C)(C(C)C)C(C)(OC)OC. The molecule has 0 saturated heterocycles. The average molecular weight is 315 g/mol. The minimum atomic E-state index is -0.542. The van der Waals surface area contributed by atoms with E-state index >= 15 is 0 Å². The second kappa shape index (κ2) is 9.93. The monoisotopic (exact) mass is 314 g/mol. The van der Waals surface area contributed by atoms with Gasteiger partial charge in [0.15, 0.2) is 5.79 Å². The van der Waals surface area contributed by atoms with Gasteiger partial charge in [0.25, 0.3) is 0 Å². The molecule has 2 nitrogen and oxygen atoms in total. The summed E-state index contributed by atoms with van der Waals surface area (Å²) in [7, 11) is 3.56. The molecular weight excluding hydrogens is 272 g/mol. The summed E-state index contributed by atoms with van der Waals surface area (Å²) in [5, 5.41) is 0. The van der Waals surface area contributed by atoms with E-state index in [-0.39, 0.29) is 5.41 Å². The summed E-state index contributed by atoms with van der Waals surface area (Å²) in [6.45, 7) is 16.1. The van der Waals surface area contributed by atoms with E-state index < -0.39 is 5.79 Å². The lowest BCUT2D eigenvalue weighted by atomic mass is 9.59. The van der Waals surface area contributed by atoms with Crippen LogP contribution in [0, 0.1) is 23.2 Å². The third-order valence-electron chi connectivity index (χ3n) is 6.15. The first-order valence-electron chi connectivity index (χ1n) is 9.31. The molecule has 0 aromatic carbocycles. The van der Waals surface area contributed by atoms with Gasteiger partial charge in [-0.15, -0.1) is 0 Å². The van der Waals surface area contributed by atoms with E-state index in [0.29, 0.717) is 17.8 Å². The molecule has 0 heterocycles. The molecule has 0 aliphatic rings. The van der Waals surface area contributed by atoms with Crippen molar-refractivity contribution in [2.45, 2.75) is 92.8 Å². The van der Waals surface area contributed by atoms with Gasteiger partial charge in [-0.05, 0) is 31.1 Å². The molecule has 0 N–H and O–H groups in total. The molecule has 0 rings (SSSR count). The van der Waals surface area contributed by atoms with Crippen molar-refractivity contribution in [2.24, 2.45) is 23.2 Å². The summed E-state index contributed by atoms with van der Waals surface area (Å²) in [4.78, 5) is 0. The summed E-state index contributed by atoms with van der Waals surface area (Å²) in [5.41, 5.74) is -0.00454. The number of rotatable bonds is 12. The first kappa shape index (κ1) is 21.9. The van der Waals surface area contributed by atoms with E-state index in [0.717, 1.165) is 0 Å². The van der Waals surface area contributed by atoms with Gasteiger partial charge in [-0.2, -0.15) is 0 Å². The van der Waals surface area contributed by atoms with Crippen LogP contribution in [0.3, 0.4) is 0 Å². The molecule has 134 valence electrons. The zero-order chi connectivity index (χ0) is 17.4. The molecule has 0 aromatic heterocycles. The fourth-order valence-electron chi connectivity index (χ4n) is 4.11. The van der Waals surface area contributed by atoms with Crippen LogP contribution in [0.25, 0.3) is 0 Å². The van der Waals surface area contributed by atoms with Crippen LogP contribution in [0.4, 0.5) is 0 Å². The zero-order valence-electron chi connectivity index (χ0n) is 16.8. The molecule has 22 heavy (non-hydrogen) atoms. The Balaban J connectivity index is 5.19. The van der Waals surface area contributed by atoms with Crippen molar-refractivity contribution < 1.29 is 9.47 Å². The largest absolute Gasteiger partial charge is 0.353 e. The van der Waals surface area contributed by atoms with Crippen molar-refractivity contribution >= 4 is 0 Å². The maximum atomic E-state index is 5.87. The zero-order valence-corrected chi connectivity index (χ0v) is 16.8. The standard InChI is InChI=1S/C20H42O2/c1-10-11-12-13-14-15-18(16(2)3)19(6,17(4)5)20(7,21-8)22-9/h16-18H,10-15H2,1-9H3. The lowest BCUT2D eigenvalue weighted by Gasteiger charge is -2.53. The lowest BCUT2D eigenvalue weighted by molar-refractivity contribution is -0.291. The van der Waals surface area contributed by atoms with Crippen LogP contribution in [-0.4, -0.2) is 20.0 Å². The van der Waals surface area contributed by atoms with Crippen molar-refractivity contribution in [1.29, 1.82) is 0 Å². The summed E-state index contributed by atoms with van der Waals surface area (Å²) in [6, 6.07) is 0. The number of hydrogen-bond donors (Lipinski definition) is 0. The van der Waals surface area contributed by atoms with Crippen LogP contribution >= 0.6 is 0 Å². The van der Waals surface area contributed by atoms with Crippen molar-refractivity contribution in [1.82, 2.24) is 0 Å². The van der Waals surface area contributed by atoms with Gasteiger partial charge in [-0.3, -0.25) is 0 Å². The molecule has 2 unspecified atom stereocenters. The molecule has 0 saturated carbocycles. The van der Waals surface area contributed by atoms with E-state index in [4.69, 9.17) is 9.47 Å². The molecule has 0 aromatic rings. The Morgan fingerprint density at radius 3 is 1.68 bits per heavy atom. The molecular formula is C20H42O2. The van der Waals surface area contributed by atoms with Gasteiger partial charge < -0.3 is 9.47 Å².